The van der Waals surface area contributed by atoms with Crippen LogP contribution in [0.2, 0.25) is 0 Å². The number of rotatable bonds is 14. The summed E-state index contributed by atoms with van der Waals surface area (Å²) in [5.74, 6) is -2.51. The SMILES string of the molecule is NCCN(CCN)NS(=O)(=O)C[C@H](N)C(=O)N[C@@H](Cc1ccc(C(F)(F)F)cc1)C(=O)Nc1cnc2ccccc2c1. The summed E-state index contributed by atoms with van der Waals surface area (Å²) in [6.45, 7) is 0.610. The highest BCUT2D eigenvalue weighted by molar-refractivity contribution is 7.89. The fraction of sp³-hybridized carbons (Fsp3) is 0.346. The fourth-order valence-electron chi connectivity index (χ4n) is 3.98. The number of nitrogens with two attached hydrogens (primary N) is 3. The van der Waals surface area contributed by atoms with E-state index in [9.17, 15) is 31.2 Å². The van der Waals surface area contributed by atoms with Gasteiger partial charge in [0.25, 0.3) is 0 Å². The van der Waals surface area contributed by atoms with Crippen LogP contribution in [0.1, 0.15) is 11.1 Å². The molecule has 0 aliphatic carbocycles. The number of aromatic nitrogens is 1. The maximum atomic E-state index is 13.3. The number of hydrogen-bond donors (Lipinski definition) is 6. The predicted octanol–water partition coefficient (Wildman–Crippen LogP) is 0.301. The number of benzene rings is 2. The molecule has 2 amide bonds. The van der Waals surface area contributed by atoms with E-state index in [2.05, 4.69) is 20.4 Å². The summed E-state index contributed by atoms with van der Waals surface area (Å²) in [6.07, 6.45) is -3.35. The molecule has 1 aromatic heterocycles. The summed E-state index contributed by atoms with van der Waals surface area (Å²) in [6, 6.07) is 9.99. The van der Waals surface area contributed by atoms with Gasteiger partial charge in [0.05, 0.1) is 34.8 Å². The average molecular weight is 611 g/mol. The number of carbonyl (C=O) groups is 2. The lowest BCUT2D eigenvalue weighted by molar-refractivity contribution is -0.137. The van der Waals surface area contributed by atoms with Crippen LogP contribution in [0.5, 0.6) is 0 Å². The van der Waals surface area contributed by atoms with Gasteiger partial charge in [-0.15, -0.1) is 4.83 Å². The molecule has 9 N–H and O–H groups in total. The number of alkyl halides is 3. The van der Waals surface area contributed by atoms with Crippen molar-refractivity contribution >= 4 is 38.4 Å². The van der Waals surface area contributed by atoms with E-state index < -0.39 is 51.4 Å². The number of hydrogen-bond acceptors (Lipinski definition) is 9. The highest BCUT2D eigenvalue weighted by atomic mass is 32.2. The van der Waals surface area contributed by atoms with Gasteiger partial charge in [0.1, 0.15) is 6.04 Å². The van der Waals surface area contributed by atoms with E-state index in [0.717, 1.165) is 17.5 Å². The molecule has 12 nitrogen and oxygen atoms in total. The minimum atomic E-state index is -4.55. The third-order valence-corrected chi connectivity index (χ3v) is 7.35. The van der Waals surface area contributed by atoms with Crippen LogP contribution in [-0.2, 0) is 32.2 Å². The number of amides is 2. The lowest BCUT2D eigenvalue weighted by Gasteiger charge is -2.24. The van der Waals surface area contributed by atoms with Crippen molar-refractivity contribution in [1.29, 1.82) is 0 Å². The number of nitrogens with one attached hydrogen (secondary N) is 3. The third kappa shape index (κ3) is 9.71. The average Bonchev–Trinajstić information content (AvgIpc) is 2.92. The van der Waals surface area contributed by atoms with Crippen molar-refractivity contribution < 1.29 is 31.2 Å². The summed E-state index contributed by atoms with van der Waals surface area (Å²) >= 11 is 0. The maximum Gasteiger partial charge on any atom is 0.416 e. The van der Waals surface area contributed by atoms with Crippen molar-refractivity contribution in [2.24, 2.45) is 17.2 Å². The molecule has 0 fully saturated rings. The van der Waals surface area contributed by atoms with Gasteiger partial charge in [-0.1, -0.05) is 30.3 Å². The topological polar surface area (TPSA) is 199 Å². The Hall–Kier alpha value is -3.67. The number of nitrogens with zero attached hydrogens (tertiary/aromatic N) is 2. The van der Waals surface area contributed by atoms with Crippen molar-refractivity contribution in [3.05, 3.63) is 71.9 Å². The van der Waals surface area contributed by atoms with Gasteiger partial charge < -0.3 is 27.8 Å². The highest BCUT2D eigenvalue weighted by Crippen LogP contribution is 2.29. The zero-order valence-corrected chi connectivity index (χ0v) is 23.3. The molecule has 0 aliphatic rings. The Bertz CT molecular complexity index is 1470. The Balaban J connectivity index is 1.78. The van der Waals surface area contributed by atoms with Crippen LogP contribution in [0, 0.1) is 0 Å². The van der Waals surface area contributed by atoms with Crippen molar-refractivity contribution in [3.8, 4) is 0 Å². The predicted molar refractivity (Wildman–Crippen MR) is 152 cm³/mol. The van der Waals surface area contributed by atoms with Crippen LogP contribution in [0.25, 0.3) is 10.9 Å². The Labute approximate surface area is 240 Å². The number of halogens is 3. The fourth-order valence-corrected chi connectivity index (χ4v) is 5.26. The monoisotopic (exact) mass is 610 g/mol. The molecule has 2 atom stereocenters. The standard InChI is InChI=1S/C26H33F3N8O4S/c27-26(28,29)19-7-5-17(6-8-19)13-23(25(39)34-20-14-18-3-1-2-4-22(18)33-15-20)35-24(38)21(32)16-42(40,41)36-37(11-9-30)12-10-31/h1-8,14-15,21,23,36H,9-13,16,30-32H2,(H,34,39)(H,35,38)/t21-,23-/m0/s1. The van der Waals surface area contributed by atoms with Gasteiger partial charge in [-0.25, -0.2) is 13.4 Å². The molecule has 16 heteroatoms. The van der Waals surface area contributed by atoms with Crippen molar-refractivity contribution in [3.63, 3.8) is 0 Å². The van der Waals surface area contributed by atoms with Crippen LogP contribution in [0.15, 0.2) is 60.8 Å². The van der Waals surface area contributed by atoms with E-state index >= 15 is 0 Å². The molecular weight excluding hydrogens is 577 g/mol. The summed E-state index contributed by atoms with van der Waals surface area (Å²) in [5, 5.41) is 7.08. The minimum absolute atomic E-state index is 0.141. The molecule has 42 heavy (non-hydrogen) atoms. The van der Waals surface area contributed by atoms with Gasteiger partial charge in [-0.3, -0.25) is 14.6 Å². The van der Waals surface area contributed by atoms with Crippen molar-refractivity contribution in [2.45, 2.75) is 24.7 Å². The van der Waals surface area contributed by atoms with Crippen LogP contribution in [0.4, 0.5) is 18.9 Å². The summed E-state index contributed by atoms with van der Waals surface area (Å²) in [5.41, 5.74) is 17.3. The Kier molecular flexibility index (Phi) is 11.3. The van der Waals surface area contributed by atoms with Gasteiger partial charge in [0.15, 0.2) is 0 Å². The van der Waals surface area contributed by atoms with E-state index in [1.54, 1.807) is 30.3 Å². The Morgan fingerprint density at radius 2 is 1.62 bits per heavy atom. The van der Waals surface area contributed by atoms with E-state index in [-0.39, 0.29) is 32.6 Å². The lowest BCUT2D eigenvalue weighted by Crippen LogP contribution is -2.55. The van der Waals surface area contributed by atoms with Gasteiger partial charge in [0.2, 0.25) is 21.8 Å². The maximum absolute atomic E-state index is 13.3. The molecule has 0 aliphatic heterocycles. The molecule has 2 aromatic carbocycles. The van der Waals surface area contributed by atoms with Gasteiger partial charge in [0, 0.05) is 38.0 Å². The van der Waals surface area contributed by atoms with Gasteiger partial charge >= 0.3 is 6.18 Å². The first-order chi connectivity index (χ1) is 19.8. The summed E-state index contributed by atoms with van der Waals surface area (Å²) in [7, 11) is -4.11. The second-order valence-corrected chi connectivity index (χ2v) is 11.2. The third-order valence-electron chi connectivity index (χ3n) is 6.01. The number of pyridine rings is 1. The Morgan fingerprint density at radius 3 is 2.24 bits per heavy atom. The molecule has 0 bridgehead atoms. The normalized spacial score (nSPS) is 13.6. The Morgan fingerprint density at radius 1 is 0.976 bits per heavy atom. The van der Waals surface area contributed by atoms with E-state index in [1.807, 2.05) is 0 Å². The quantitative estimate of drug-likeness (QED) is 0.139. The lowest BCUT2D eigenvalue weighted by atomic mass is 10.0. The molecule has 228 valence electrons. The van der Waals surface area contributed by atoms with E-state index in [4.69, 9.17) is 17.2 Å². The molecular formula is C26H33F3N8O4S. The van der Waals surface area contributed by atoms with Crippen LogP contribution in [0.3, 0.4) is 0 Å². The highest BCUT2D eigenvalue weighted by Gasteiger charge is 2.31. The van der Waals surface area contributed by atoms with Crippen LogP contribution in [-0.4, -0.2) is 74.2 Å². The van der Waals surface area contributed by atoms with Crippen LogP contribution >= 0.6 is 0 Å². The molecule has 0 unspecified atom stereocenters. The molecule has 0 saturated carbocycles. The van der Waals surface area contributed by atoms with Gasteiger partial charge in [-0.05, 0) is 29.8 Å². The number of fused-ring (bicyclic) bond motifs is 1. The smallest absolute Gasteiger partial charge is 0.343 e. The molecule has 1 heterocycles. The molecule has 3 rings (SSSR count). The zero-order valence-electron chi connectivity index (χ0n) is 22.5. The second-order valence-electron chi connectivity index (χ2n) is 9.41. The van der Waals surface area contributed by atoms with Crippen molar-refractivity contribution in [2.75, 3.05) is 37.2 Å². The summed E-state index contributed by atoms with van der Waals surface area (Å²) in [4.78, 5) is 32.8. The number of carbonyl (C=O) groups excluding carboxylic acids is 2. The van der Waals surface area contributed by atoms with Gasteiger partial charge in [-0.2, -0.15) is 13.2 Å². The molecule has 0 saturated heterocycles. The van der Waals surface area contributed by atoms with Crippen molar-refractivity contribution in [1.82, 2.24) is 20.1 Å². The second kappa shape index (κ2) is 14.5. The molecule has 3 aromatic rings. The van der Waals surface area contributed by atoms with Crippen LogP contribution < -0.4 is 32.7 Å². The number of anilines is 1. The molecule has 0 radical (unpaired) electrons. The number of hydrazine groups is 1. The minimum Gasteiger partial charge on any atom is -0.343 e. The first-order valence-corrected chi connectivity index (χ1v) is 14.5. The first-order valence-electron chi connectivity index (χ1n) is 12.8. The number of sulfonamides is 1. The van der Waals surface area contributed by atoms with E-state index in [1.165, 1.54) is 23.3 Å². The first kappa shape index (κ1) is 32.8. The summed E-state index contributed by atoms with van der Waals surface area (Å²) < 4.78 is 64.3. The zero-order chi connectivity index (χ0) is 30.9. The number of para-hydroxylation sites is 1. The van der Waals surface area contributed by atoms with E-state index in [0.29, 0.717) is 16.8 Å². The largest absolute Gasteiger partial charge is 0.416 e. The molecule has 0 spiro atoms.